The molecule has 0 saturated heterocycles. The third-order valence-corrected chi connectivity index (χ3v) is 2.80. The second-order valence-electron chi connectivity index (χ2n) is 3.49. The molecule has 0 aromatic heterocycles. The molecule has 1 rings (SSSR count). The van der Waals surface area contributed by atoms with E-state index in [1.165, 1.54) is 0 Å². The smallest absolute Gasteiger partial charge is 0.218 e. The van der Waals surface area contributed by atoms with Crippen molar-refractivity contribution in [2.24, 2.45) is 16.9 Å². The van der Waals surface area contributed by atoms with Crippen molar-refractivity contribution in [3.8, 4) is 0 Å². The van der Waals surface area contributed by atoms with Crippen LogP contribution in [0.2, 0.25) is 0 Å². The first-order valence-corrected chi connectivity index (χ1v) is 4.14. The van der Waals surface area contributed by atoms with Gasteiger partial charge in [-0.1, -0.05) is 6.92 Å². The van der Waals surface area contributed by atoms with E-state index >= 15 is 0 Å². The summed E-state index contributed by atoms with van der Waals surface area (Å²) in [4.78, 5) is 10.5. The Morgan fingerprint density at radius 2 is 2.18 bits per heavy atom. The van der Waals surface area contributed by atoms with Crippen LogP contribution in [-0.2, 0) is 4.79 Å². The SMILES string of the molecule is CCC1(C(N)CC(N)=O)CC1. The quantitative estimate of drug-likeness (QED) is 0.617. The number of nitrogens with two attached hydrogens (primary N) is 2. The van der Waals surface area contributed by atoms with Crippen molar-refractivity contribution in [2.45, 2.75) is 38.6 Å². The Bertz CT molecular complexity index is 163. The number of carbonyl (C=O) groups excluding carboxylic acids is 1. The zero-order valence-electron chi connectivity index (χ0n) is 6.97. The highest BCUT2D eigenvalue weighted by atomic mass is 16.1. The Labute approximate surface area is 67.1 Å². The summed E-state index contributed by atoms with van der Waals surface area (Å²) in [6, 6.07) is -0.00926. The maximum atomic E-state index is 10.5. The monoisotopic (exact) mass is 156 g/mol. The van der Waals surface area contributed by atoms with Crippen molar-refractivity contribution in [1.82, 2.24) is 0 Å². The molecule has 3 nitrogen and oxygen atoms in total. The first-order valence-electron chi connectivity index (χ1n) is 4.14. The number of hydrogen-bond donors (Lipinski definition) is 2. The Morgan fingerprint density at radius 3 is 2.45 bits per heavy atom. The number of amides is 1. The van der Waals surface area contributed by atoms with Gasteiger partial charge in [-0.3, -0.25) is 4.79 Å². The summed E-state index contributed by atoms with van der Waals surface area (Å²) in [6.07, 6.45) is 3.74. The van der Waals surface area contributed by atoms with E-state index in [1.807, 2.05) is 0 Å². The Balaban J connectivity index is 2.40. The molecule has 64 valence electrons. The van der Waals surface area contributed by atoms with Crippen molar-refractivity contribution >= 4 is 5.91 Å². The van der Waals surface area contributed by atoms with Crippen LogP contribution in [0.25, 0.3) is 0 Å². The molecule has 1 aliphatic carbocycles. The van der Waals surface area contributed by atoms with Crippen LogP contribution in [-0.4, -0.2) is 11.9 Å². The van der Waals surface area contributed by atoms with E-state index in [-0.39, 0.29) is 17.4 Å². The van der Waals surface area contributed by atoms with Crippen LogP contribution in [0, 0.1) is 5.41 Å². The number of rotatable bonds is 4. The zero-order chi connectivity index (χ0) is 8.48. The molecule has 11 heavy (non-hydrogen) atoms. The lowest BCUT2D eigenvalue weighted by atomic mass is 9.92. The van der Waals surface area contributed by atoms with Gasteiger partial charge in [0.2, 0.25) is 5.91 Å². The molecule has 0 aromatic rings. The normalized spacial score (nSPS) is 22.7. The largest absolute Gasteiger partial charge is 0.370 e. The molecule has 0 bridgehead atoms. The first kappa shape index (κ1) is 8.53. The van der Waals surface area contributed by atoms with Gasteiger partial charge in [-0.15, -0.1) is 0 Å². The van der Waals surface area contributed by atoms with Crippen LogP contribution in [0.15, 0.2) is 0 Å². The molecule has 4 N–H and O–H groups in total. The van der Waals surface area contributed by atoms with E-state index in [0.717, 1.165) is 19.3 Å². The van der Waals surface area contributed by atoms with Gasteiger partial charge in [0.1, 0.15) is 0 Å². The van der Waals surface area contributed by atoms with Gasteiger partial charge in [-0.25, -0.2) is 0 Å². The van der Waals surface area contributed by atoms with Crippen LogP contribution in [0.3, 0.4) is 0 Å². The standard InChI is InChI=1S/C8H16N2O/c1-2-8(3-4-8)6(9)5-7(10)11/h6H,2-5,9H2,1H3,(H2,10,11). The Morgan fingerprint density at radius 1 is 1.64 bits per heavy atom. The molecule has 1 unspecified atom stereocenters. The van der Waals surface area contributed by atoms with E-state index in [9.17, 15) is 4.79 Å². The summed E-state index contributed by atoms with van der Waals surface area (Å²) in [7, 11) is 0. The molecular weight excluding hydrogens is 140 g/mol. The second-order valence-corrected chi connectivity index (χ2v) is 3.49. The second kappa shape index (κ2) is 2.81. The topological polar surface area (TPSA) is 69.1 Å². The van der Waals surface area contributed by atoms with Gasteiger partial charge in [-0.05, 0) is 24.7 Å². The van der Waals surface area contributed by atoms with Gasteiger partial charge < -0.3 is 11.5 Å². The van der Waals surface area contributed by atoms with Crippen molar-refractivity contribution in [3.05, 3.63) is 0 Å². The maximum absolute atomic E-state index is 10.5. The van der Waals surface area contributed by atoms with E-state index in [2.05, 4.69) is 6.92 Å². The predicted octanol–water partition coefficient (Wildman–Crippen LogP) is 0.379. The highest BCUT2D eigenvalue weighted by molar-refractivity contribution is 5.74. The zero-order valence-corrected chi connectivity index (χ0v) is 6.97. The minimum absolute atomic E-state index is 0.00926. The van der Waals surface area contributed by atoms with Crippen LogP contribution >= 0.6 is 0 Å². The Hall–Kier alpha value is -0.570. The first-order chi connectivity index (χ1) is 5.10. The van der Waals surface area contributed by atoms with Crippen LogP contribution in [0.5, 0.6) is 0 Å². The lowest BCUT2D eigenvalue weighted by Gasteiger charge is -2.19. The van der Waals surface area contributed by atoms with E-state index < -0.39 is 0 Å². The van der Waals surface area contributed by atoms with Crippen molar-refractivity contribution < 1.29 is 4.79 Å². The molecule has 1 amide bonds. The van der Waals surface area contributed by atoms with Crippen molar-refractivity contribution in [3.63, 3.8) is 0 Å². The van der Waals surface area contributed by atoms with Crippen LogP contribution < -0.4 is 11.5 Å². The fourth-order valence-corrected chi connectivity index (χ4v) is 1.58. The third-order valence-electron chi connectivity index (χ3n) is 2.80. The molecule has 0 heterocycles. The molecular formula is C8H16N2O. The predicted molar refractivity (Wildman–Crippen MR) is 43.7 cm³/mol. The average molecular weight is 156 g/mol. The highest BCUT2D eigenvalue weighted by Gasteiger charge is 2.46. The van der Waals surface area contributed by atoms with E-state index in [0.29, 0.717) is 6.42 Å². The lowest BCUT2D eigenvalue weighted by molar-refractivity contribution is -0.118. The lowest BCUT2D eigenvalue weighted by Crippen LogP contribution is -2.35. The van der Waals surface area contributed by atoms with Gasteiger partial charge in [0.15, 0.2) is 0 Å². The van der Waals surface area contributed by atoms with E-state index in [4.69, 9.17) is 11.5 Å². The minimum Gasteiger partial charge on any atom is -0.370 e. The van der Waals surface area contributed by atoms with Gasteiger partial charge in [-0.2, -0.15) is 0 Å². The summed E-state index contributed by atoms with van der Waals surface area (Å²) in [5, 5.41) is 0. The molecule has 1 saturated carbocycles. The third kappa shape index (κ3) is 1.71. The summed E-state index contributed by atoms with van der Waals surface area (Å²) in [5.74, 6) is -0.280. The number of hydrogen-bond acceptors (Lipinski definition) is 2. The molecule has 0 radical (unpaired) electrons. The molecule has 1 atom stereocenters. The van der Waals surface area contributed by atoms with Crippen LogP contribution in [0.1, 0.15) is 32.6 Å². The summed E-state index contributed by atoms with van der Waals surface area (Å²) >= 11 is 0. The minimum atomic E-state index is -0.280. The fraction of sp³-hybridized carbons (Fsp3) is 0.875. The molecule has 1 aliphatic rings. The number of carbonyl (C=O) groups is 1. The molecule has 1 fully saturated rings. The maximum Gasteiger partial charge on any atom is 0.218 e. The summed E-state index contributed by atoms with van der Waals surface area (Å²) in [6.45, 7) is 2.12. The average Bonchev–Trinajstić information content (AvgIpc) is 2.65. The van der Waals surface area contributed by atoms with Gasteiger partial charge in [0, 0.05) is 12.5 Å². The highest BCUT2D eigenvalue weighted by Crippen LogP contribution is 2.51. The molecule has 0 spiro atoms. The fourth-order valence-electron chi connectivity index (χ4n) is 1.58. The van der Waals surface area contributed by atoms with Crippen molar-refractivity contribution in [2.75, 3.05) is 0 Å². The molecule has 0 aliphatic heterocycles. The Kier molecular flexibility index (Phi) is 2.18. The number of primary amides is 1. The summed E-state index contributed by atoms with van der Waals surface area (Å²) < 4.78 is 0. The van der Waals surface area contributed by atoms with Crippen LogP contribution in [0.4, 0.5) is 0 Å². The summed E-state index contributed by atoms with van der Waals surface area (Å²) in [5.41, 5.74) is 11.1. The molecule has 0 aromatic carbocycles. The van der Waals surface area contributed by atoms with E-state index in [1.54, 1.807) is 0 Å². The van der Waals surface area contributed by atoms with Gasteiger partial charge in [0.05, 0.1) is 0 Å². The van der Waals surface area contributed by atoms with Gasteiger partial charge >= 0.3 is 0 Å². The van der Waals surface area contributed by atoms with Gasteiger partial charge in [0.25, 0.3) is 0 Å². The molecule has 3 heteroatoms. The van der Waals surface area contributed by atoms with Crippen molar-refractivity contribution in [1.29, 1.82) is 0 Å².